The maximum absolute atomic E-state index is 2.49. The van der Waals surface area contributed by atoms with Crippen molar-refractivity contribution < 1.29 is 0 Å². The molecule has 10 atom stereocenters. The molecule has 10 aromatic carbocycles. The largest absolute Gasteiger partial charge is 0.0622 e. The SMILES string of the molecule is Cc1c(C)c(C)c(-c2c(C)c(C)c(C)c(C)c2C)c(C)c1C.Cc1c(C)c(C)c(-c2c(C)c(C)c(C)c(C)c2C)c(C)c1C.Cc1c(C)c(C)c(-c2c(C)c(C)c(C)c(C)c2C)c(C)c1C.Cc1c(C)c(C)c(-c2c(C)c(C)c(C)c(C)c2C)c(C)c1C.Cc1c(C)c(C)c(C2CC(C)C(C)C(C)C2C)c(C)c1C.Cc1c(C)c(C)c(C2CC(C)C(C)C(C)C2C)c(C)c1C. The standard InChI is InChI=1S/4C22H30.2C21H34/c4*1-11-13(3)17(7)21(18(8)14(11)4)22-19(9)15(5)12(2)16(6)20(22)10;2*1-11-10-20(17(7)13(3)12(11)2)21-18(8)15(5)14(4)16(6)19(21)9/h4*1-10H3;2*11-13,17,20H,10H2,1-9H3. The molecule has 2 aliphatic rings. The molecular formula is C130H188. The Labute approximate surface area is 802 Å². The fraction of sp³-hybridized carbons (Fsp3) is 0.538. The molecular weight excluding hydrogens is 1560 g/mol. The molecule has 2 aliphatic carbocycles. The molecule has 0 heteroatoms. The summed E-state index contributed by atoms with van der Waals surface area (Å²) in [7, 11) is 0. The number of hydrogen-bond acceptors (Lipinski definition) is 0. The zero-order valence-corrected chi connectivity index (χ0v) is 95.2. The van der Waals surface area contributed by atoms with Crippen LogP contribution in [-0.2, 0) is 0 Å². The number of hydrogen-bond donors (Lipinski definition) is 0. The van der Waals surface area contributed by atoms with Crippen LogP contribution >= 0.6 is 0 Å². The highest BCUT2D eigenvalue weighted by atomic mass is 14.5. The van der Waals surface area contributed by atoms with Crippen LogP contribution in [-0.4, -0.2) is 0 Å². The van der Waals surface area contributed by atoms with Crippen molar-refractivity contribution in [3.05, 3.63) is 289 Å². The first-order chi connectivity index (χ1) is 59.8. The molecule has 0 spiro atoms. The zero-order valence-electron chi connectivity index (χ0n) is 95.2. The van der Waals surface area contributed by atoms with E-state index in [1.165, 1.54) is 313 Å². The Hall–Kier alpha value is -7.80. The zero-order chi connectivity index (χ0) is 99.8. The molecule has 708 valence electrons. The second-order valence-electron chi connectivity index (χ2n) is 43.9. The molecule has 0 N–H and O–H groups in total. The minimum Gasteiger partial charge on any atom is -0.0622 e. The van der Waals surface area contributed by atoms with E-state index >= 15 is 0 Å². The molecule has 0 aromatic heterocycles. The van der Waals surface area contributed by atoms with Crippen LogP contribution in [0, 0.1) is 394 Å². The Kier molecular flexibility index (Phi) is 35.3. The molecule has 0 bridgehead atoms. The van der Waals surface area contributed by atoms with Crippen LogP contribution in [0.3, 0.4) is 0 Å². The van der Waals surface area contributed by atoms with Gasteiger partial charge in [0, 0.05) is 0 Å². The number of benzene rings is 10. The van der Waals surface area contributed by atoms with Gasteiger partial charge in [-0.05, 0) is 752 Å². The quantitative estimate of drug-likeness (QED) is 0.156. The number of rotatable bonds is 6. The molecule has 0 aliphatic heterocycles. The molecule has 10 aromatic rings. The Morgan fingerprint density at radius 3 is 0.285 bits per heavy atom. The van der Waals surface area contributed by atoms with E-state index in [4.69, 9.17) is 0 Å². The fourth-order valence-electron chi connectivity index (χ4n) is 24.3. The average molecular weight is 1750 g/mol. The van der Waals surface area contributed by atoms with Gasteiger partial charge in [-0.2, -0.15) is 0 Å². The Morgan fingerprint density at radius 2 is 0.185 bits per heavy atom. The van der Waals surface area contributed by atoms with Gasteiger partial charge in [0.2, 0.25) is 0 Å². The van der Waals surface area contributed by atoms with Gasteiger partial charge in [-0.25, -0.2) is 0 Å². The smallest absolute Gasteiger partial charge is 0.0114 e. The summed E-state index contributed by atoms with van der Waals surface area (Å²) in [5.74, 6) is 8.07. The van der Waals surface area contributed by atoms with Crippen LogP contribution < -0.4 is 0 Å². The lowest BCUT2D eigenvalue weighted by Gasteiger charge is -2.44. The lowest BCUT2D eigenvalue weighted by atomic mass is 9.61. The Balaban J connectivity index is 0.000000213. The van der Waals surface area contributed by atoms with Crippen LogP contribution in [0.15, 0.2) is 0 Å². The van der Waals surface area contributed by atoms with Crippen molar-refractivity contribution >= 4 is 0 Å². The molecule has 2 fully saturated rings. The molecule has 0 amide bonds. The fourth-order valence-corrected chi connectivity index (χ4v) is 24.3. The second kappa shape index (κ2) is 42.0. The third-order valence-electron chi connectivity index (χ3n) is 39.5. The minimum atomic E-state index is 0.740. The van der Waals surface area contributed by atoms with Gasteiger partial charge in [0.25, 0.3) is 0 Å². The van der Waals surface area contributed by atoms with Crippen molar-refractivity contribution in [1.29, 1.82) is 0 Å². The molecule has 0 nitrogen and oxygen atoms in total. The topological polar surface area (TPSA) is 0 Å². The second-order valence-corrected chi connectivity index (χ2v) is 43.9. The van der Waals surface area contributed by atoms with E-state index in [2.05, 4.69) is 402 Å². The van der Waals surface area contributed by atoms with Gasteiger partial charge in [0.15, 0.2) is 0 Å². The summed E-state index contributed by atoms with van der Waals surface area (Å²) in [6, 6.07) is 0. The maximum atomic E-state index is 2.49. The summed E-state index contributed by atoms with van der Waals surface area (Å²) >= 11 is 0. The van der Waals surface area contributed by atoms with Gasteiger partial charge in [-0.3, -0.25) is 0 Å². The van der Waals surface area contributed by atoms with Gasteiger partial charge in [0.05, 0.1) is 0 Å². The van der Waals surface area contributed by atoms with Crippen molar-refractivity contribution in [3.63, 3.8) is 0 Å². The summed E-state index contributed by atoms with van der Waals surface area (Å²) in [5, 5.41) is 0. The van der Waals surface area contributed by atoms with Gasteiger partial charge in [-0.15, -0.1) is 0 Å². The van der Waals surface area contributed by atoms with E-state index in [0.29, 0.717) is 0 Å². The van der Waals surface area contributed by atoms with Crippen molar-refractivity contribution in [2.24, 2.45) is 47.3 Å². The molecule has 2 saturated carbocycles. The first-order valence-corrected chi connectivity index (χ1v) is 50.5. The molecule has 0 saturated heterocycles. The van der Waals surface area contributed by atoms with Gasteiger partial charge in [0.1, 0.15) is 0 Å². The highest BCUT2D eigenvalue weighted by Crippen LogP contribution is 2.53. The monoisotopic (exact) mass is 1750 g/mol. The van der Waals surface area contributed by atoms with Gasteiger partial charge in [-0.1, -0.05) is 55.4 Å². The van der Waals surface area contributed by atoms with Gasteiger partial charge >= 0.3 is 0 Å². The van der Waals surface area contributed by atoms with E-state index in [1.807, 2.05) is 0 Å². The van der Waals surface area contributed by atoms with Gasteiger partial charge < -0.3 is 0 Å². The minimum absolute atomic E-state index is 0.740. The highest BCUT2D eigenvalue weighted by Gasteiger charge is 2.41. The molecule has 0 heterocycles. The molecule has 0 radical (unpaired) electrons. The van der Waals surface area contributed by atoms with Crippen LogP contribution in [0.1, 0.15) is 369 Å². The predicted octanol–water partition coefficient (Wildman–Crippen LogP) is 38.3. The van der Waals surface area contributed by atoms with E-state index < -0.39 is 0 Å². The maximum Gasteiger partial charge on any atom is -0.0114 e. The molecule has 10 unspecified atom stereocenters. The van der Waals surface area contributed by atoms with Crippen LogP contribution in [0.4, 0.5) is 0 Å². The first kappa shape index (κ1) is 109. The van der Waals surface area contributed by atoms with Crippen molar-refractivity contribution in [2.75, 3.05) is 0 Å². The average Bonchev–Trinajstić information content (AvgIpc) is 0.749. The normalized spacial score (nSPS) is 18.3. The van der Waals surface area contributed by atoms with Crippen LogP contribution in [0.25, 0.3) is 44.5 Å². The van der Waals surface area contributed by atoms with E-state index in [-0.39, 0.29) is 0 Å². The van der Waals surface area contributed by atoms with E-state index in [0.717, 1.165) is 59.2 Å². The predicted molar refractivity (Wildman–Crippen MR) is 585 cm³/mol. The van der Waals surface area contributed by atoms with Crippen LogP contribution in [0.5, 0.6) is 0 Å². The first-order valence-electron chi connectivity index (χ1n) is 50.5. The van der Waals surface area contributed by atoms with E-state index in [9.17, 15) is 0 Å². The highest BCUT2D eigenvalue weighted by molar-refractivity contribution is 5.86. The molecule has 12 rings (SSSR count). The summed E-state index contributed by atoms with van der Waals surface area (Å²) in [6.45, 7) is 134. The van der Waals surface area contributed by atoms with Crippen molar-refractivity contribution in [3.8, 4) is 44.5 Å². The van der Waals surface area contributed by atoms with Crippen molar-refractivity contribution in [2.45, 2.75) is 426 Å². The Morgan fingerprint density at radius 1 is 0.100 bits per heavy atom. The van der Waals surface area contributed by atoms with E-state index in [1.54, 1.807) is 33.4 Å². The Bertz CT molecular complexity index is 4870. The van der Waals surface area contributed by atoms with Crippen molar-refractivity contribution in [1.82, 2.24) is 0 Å². The third kappa shape index (κ3) is 19.5. The lowest BCUT2D eigenvalue weighted by Crippen LogP contribution is -2.34. The lowest BCUT2D eigenvalue weighted by molar-refractivity contribution is 0.112. The summed E-state index contributed by atoms with van der Waals surface area (Å²) < 4.78 is 0. The summed E-state index contributed by atoms with van der Waals surface area (Å²) in [6.07, 6.45) is 2.71. The van der Waals surface area contributed by atoms with Crippen LogP contribution in [0.2, 0.25) is 0 Å². The third-order valence-corrected chi connectivity index (χ3v) is 39.5. The summed E-state index contributed by atoms with van der Waals surface area (Å²) in [4.78, 5) is 0. The summed E-state index contributed by atoms with van der Waals surface area (Å²) in [5.41, 5.74) is 87.8. The molecule has 130 heavy (non-hydrogen) atoms.